The van der Waals surface area contributed by atoms with Crippen LogP contribution in [0.25, 0.3) is 0 Å². The monoisotopic (exact) mass is 427 g/mol. The predicted octanol–water partition coefficient (Wildman–Crippen LogP) is 2.85. The minimum atomic E-state index is -0.429. The number of rotatable bonds is 9. The molecule has 0 unspecified atom stereocenters. The van der Waals surface area contributed by atoms with E-state index in [1.54, 1.807) is 0 Å². The van der Waals surface area contributed by atoms with Crippen LogP contribution in [0.4, 0.5) is 4.79 Å². The Morgan fingerprint density at radius 2 is 2.07 bits per heavy atom. The summed E-state index contributed by atoms with van der Waals surface area (Å²) in [5, 5.41) is 10.8. The van der Waals surface area contributed by atoms with Gasteiger partial charge in [0.1, 0.15) is 12.3 Å². The second-order valence-corrected chi connectivity index (χ2v) is 9.06. The molecule has 9 heteroatoms. The summed E-state index contributed by atoms with van der Waals surface area (Å²) in [6.45, 7) is 5.16. The first-order valence-corrected chi connectivity index (χ1v) is 10.8. The molecular weight excluding hydrogens is 402 g/mol. The van der Waals surface area contributed by atoms with Crippen LogP contribution < -0.4 is 14.8 Å². The van der Waals surface area contributed by atoms with Crippen LogP contribution in [-0.2, 0) is 16.9 Å². The van der Waals surface area contributed by atoms with Gasteiger partial charge in [0.05, 0.1) is 30.1 Å². The summed E-state index contributed by atoms with van der Waals surface area (Å²) in [6.07, 6.45) is 2.54. The van der Waals surface area contributed by atoms with Crippen molar-refractivity contribution in [2.45, 2.75) is 43.7 Å². The van der Waals surface area contributed by atoms with Crippen LogP contribution in [0.5, 0.6) is 5.75 Å². The first kappa shape index (κ1) is 20.6. The fourth-order valence-electron chi connectivity index (χ4n) is 2.95. The van der Waals surface area contributed by atoms with Gasteiger partial charge in [0.25, 0.3) is 0 Å². The average molecular weight is 428 g/mol. The molecule has 0 spiro atoms. The fraction of sp³-hybridized carbons (Fsp3) is 0.429. The molecule has 2 aliphatic rings. The van der Waals surface area contributed by atoms with E-state index in [1.165, 1.54) is 29.7 Å². The van der Waals surface area contributed by atoms with Gasteiger partial charge in [-0.1, -0.05) is 6.07 Å². The van der Waals surface area contributed by atoms with Crippen LogP contribution in [0.3, 0.4) is 0 Å². The topological polar surface area (TPSA) is 96.5 Å². The average Bonchev–Trinajstić information content (AvgIpc) is 3.50. The van der Waals surface area contributed by atoms with Crippen LogP contribution >= 0.6 is 11.9 Å². The molecule has 2 heterocycles. The quantitative estimate of drug-likeness (QED) is 0.469. The van der Waals surface area contributed by atoms with E-state index in [2.05, 4.69) is 20.2 Å². The minimum Gasteiger partial charge on any atom is -0.493 e. The zero-order valence-corrected chi connectivity index (χ0v) is 17.9. The number of carbonyl (C=O) groups excluding carboxylic acids is 2. The molecule has 2 N–H and O–H groups in total. The number of amides is 3. The lowest BCUT2D eigenvalue weighted by molar-refractivity contribution is -0.118. The molecule has 0 bridgehead atoms. The normalized spacial score (nSPS) is 16.7. The SMILES string of the molecule is CC(C)(NSc1cccc(OCC2CC2)c1)c1ccc(CN2CC(=O)NC2=O)nn1. The highest BCUT2D eigenvalue weighted by Crippen LogP contribution is 2.31. The molecule has 1 aromatic carbocycles. The standard InChI is InChI=1S/C21H25N5O3S/c1-21(2,25-30-17-5-3-4-16(10-17)29-13-14-6-7-14)18-9-8-15(23-24-18)11-26-12-19(27)22-20(26)28/h3-5,8-10,14,25H,6-7,11-13H2,1-2H3,(H,22,27,28). The zero-order valence-electron chi connectivity index (χ0n) is 17.1. The molecule has 0 atom stereocenters. The number of nitrogens with zero attached hydrogens (tertiary/aromatic N) is 3. The highest BCUT2D eigenvalue weighted by atomic mass is 32.2. The maximum Gasteiger partial charge on any atom is 0.324 e. The number of nitrogens with one attached hydrogen (secondary N) is 2. The van der Waals surface area contributed by atoms with Crippen molar-refractivity contribution >= 4 is 23.9 Å². The third-order valence-electron chi connectivity index (χ3n) is 4.99. The fourth-order valence-corrected chi connectivity index (χ4v) is 3.75. The highest BCUT2D eigenvalue weighted by Gasteiger charge is 2.28. The van der Waals surface area contributed by atoms with Crippen molar-refractivity contribution in [3.05, 3.63) is 47.8 Å². The van der Waals surface area contributed by atoms with Gasteiger partial charge in [-0.15, -0.1) is 0 Å². The van der Waals surface area contributed by atoms with Crippen molar-refractivity contribution in [2.24, 2.45) is 5.92 Å². The molecule has 1 aliphatic carbocycles. The zero-order chi connectivity index (χ0) is 21.1. The number of aromatic nitrogens is 2. The van der Waals surface area contributed by atoms with E-state index in [-0.39, 0.29) is 19.0 Å². The summed E-state index contributed by atoms with van der Waals surface area (Å²) < 4.78 is 9.29. The van der Waals surface area contributed by atoms with Gasteiger partial charge in [0.15, 0.2) is 0 Å². The third kappa shape index (κ3) is 5.28. The Balaban J connectivity index is 1.33. The number of hydrogen-bond acceptors (Lipinski definition) is 7. The van der Waals surface area contributed by atoms with Crippen molar-refractivity contribution in [1.29, 1.82) is 0 Å². The van der Waals surface area contributed by atoms with Gasteiger partial charge >= 0.3 is 6.03 Å². The number of carbonyl (C=O) groups is 2. The molecule has 1 aliphatic heterocycles. The minimum absolute atomic E-state index is 0.0510. The lowest BCUT2D eigenvalue weighted by Crippen LogP contribution is -2.33. The van der Waals surface area contributed by atoms with E-state index in [0.29, 0.717) is 5.69 Å². The molecule has 2 fully saturated rings. The van der Waals surface area contributed by atoms with Gasteiger partial charge in [-0.25, -0.2) is 9.52 Å². The Morgan fingerprint density at radius 3 is 2.73 bits per heavy atom. The van der Waals surface area contributed by atoms with E-state index in [4.69, 9.17) is 4.74 Å². The van der Waals surface area contributed by atoms with Crippen molar-refractivity contribution in [2.75, 3.05) is 13.2 Å². The van der Waals surface area contributed by atoms with Crippen LogP contribution in [0, 0.1) is 5.92 Å². The van der Waals surface area contributed by atoms with E-state index >= 15 is 0 Å². The molecule has 2 aromatic rings. The lowest BCUT2D eigenvalue weighted by Gasteiger charge is -2.25. The van der Waals surface area contributed by atoms with E-state index in [9.17, 15) is 9.59 Å². The van der Waals surface area contributed by atoms with Crippen LogP contribution in [0.1, 0.15) is 38.1 Å². The molecule has 1 aromatic heterocycles. The van der Waals surface area contributed by atoms with Crippen molar-refractivity contribution < 1.29 is 14.3 Å². The van der Waals surface area contributed by atoms with Crippen LogP contribution in [-0.4, -0.2) is 40.2 Å². The summed E-state index contributed by atoms with van der Waals surface area (Å²) in [7, 11) is 0. The Hall–Kier alpha value is -2.65. The second-order valence-electron chi connectivity index (χ2n) is 8.18. The first-order valence-electron chi connectivity index (χ1n) is 9.98. The molecule has 1 saturated heterocycles. The summed E-state index contributed by atoms with van der Waals surface area (Å²) in [4.78, 5) is 25.4. The summed E-state index contributed by atoms with van der Waals surface area (Å²) in [6, 6.07) is 11.4. The maximum atomic E-state index is 11.7. The smallest absolute Gasteiger partial charge is 0.324 e. The maximum absolute atomic E-state index is 11.7. The predicted molar refractivity (Wildman–Crippen MR) is 113 cm³/mol. The summed E-state index contributed by atoms with van der Waals surface area (Å²) >= 11 is 1.52. The number of urea groups is 1. The molecular formula is C21H25N5O3S. The van der Waals surface area contributed by atoms with Gasteiger partial charge in [-0.05, 0) is 74.9 Å². The third-order valence-corrected chi connectivity index (χ3v) is 6.10. The van der Waals surface area contributed by atoms with Crippen LogP contribution in [0.15, 0.2) is 41.3 Å². The lowest BCUT2D eigenvalue weighted by atomic mass is 10.0. The highest BCUT2D eigenvalue weighted by molar-refractivity contribution is 7.97. The number of benzene rings is 1. The van der Waals surface area contributed by atoms with Gasteiger partial charge < -0.3 is 9.64 Å². The largest absolute Gasteiger partial charge is 0.493 e. The van der Waals surface area contributed by atoms with Gasteiger partial charge in [-0.2, -0.15) is 10.2 Å². The first-order chi connectivity index (χ1) is 14.4. The Morgan fingerprint density at radius 1 is 1.23 bits per heavy atom. The number of imide groups is 1. The van der Waals surface area contributed by atoms with Crippen LogP contribution in [0.2, 0.25) is 0 Å². The molecule has 158 valence electrons. The molecule has 1 saturated carbocycles. The molecule has 3 amide bonds. The Kier molecular flexibility index (Phi) is 5.92. The van der Waals surface area contributed by atoms with Crippen molar-refractivity contribution in [1.82, 2.24) is 25.1 Å². The van der Waals surface area contributed by atoms with Gasteiger partial charge in [0, 0.05) is 4.90 Å². The summed E-state index contributed by atoms with van der Waals surface area (Å²) in [5.41, 5.74) is 0.983. The van der Waals surface area contributed by atoms with E-state index in [0.717, 1.165) is 28.9 Å². The second kappa shape index (κ2) is 8.61. The summed E-state index contributed by atoms with van der Waals surface area (Å²) in [5.74, 6) is 1.31. The van der Waals surface area contributed by atoms with Gasteiger partial charge in [-0.3, -0.25) is 10.1 Å². The molecule has 8 nitrogen and oxygen atoms in total. The Bertz CT molecular complexity index is 930. The molecule has 30 heavy (non-hydrogen) atoms. The van der Waals surface area contributed by atoms with Crippen molar-refractivity contribution in [3.63, 3.8) is 0 Å². The molecule has 0 radical (unpaired) electrons. The van der Waals surface area contributed by atoms with Gasteiger partial charge in [0.2, 0.25) is 5.91 Å². The van der Waals surface area contributed by atoms with E-state index < -0.39 is 11.6 Å². The molecule has 4 rings (SSSR count). The Labute approximate surface area is 179 Å². The number of hydrogen-bond donors (Lipinski definition) is 2. The number of ether oxygens (including phenoxy) is 1. The van der Waals surface area contributed by atoms with Crippen molar-refractivity contribution in [3.8, 4) is 5.75 Å². The van der Waals surface area contributed by atoms with E-state index in [1.807, 2.05) is 50.2 Å².